The fourth-order valence-corrected chi connectivity index (χ4v) is 2.61. The van der Waals surface area contributed by atoms with Crippen LogP contribution in [0.25, 0.3) is 0 Å². The smallest absolute Gasteiger partial charge is 0.237 e. The first kappa shape index (κ1) is 13.8. The Hall–Kier alpha value is -0.610. The molecule has 0 bridgehead atoms. The molecule has 2 fully saturated rings. The number of nitrogens with two attached hydrogens (primary N) is 1. The predicted molar refractivity (Wildman–Crippen MR) is 73.2 cm³/mol. The summed E-state index contributed by atoms with van der Waals surface area (Å²) >= 11 is 0. The maximum atomic E-state index is 11.7. The zero-order valence-electron chi connectivity index (χ0n) is 11.7. The minimum absolute atomic E-state index is 0.209. The molecule has 0 spiro atoms. The highest BCUT2D eigenvalue weighted by Crippen LogP contribution is 2.25. The van der Waals surface area contributed by atoms with Gasteiger partial charge in [0.1, 0.15) is 0 Å². The Bertz CT molecular complexity index is 295. The topological polar surface area (TPSA) is 58.4 Å². The molecule has 0 aromatic rings. The van der Waals surface area contributed by atoms with E-state index in [9.17, 15) is 4.79 Å². The van der Waals surface area contributed by atoms with Crippen molar-refractivity contribution >= 4 is 5.91 Å². The summed E-state index contributed by atoms with van der Waals surface area (Å²) < 4.78 is 0. The van der Waals surface area contributed by atoms with E-state index in [4.69, 9.17) is 5.73 Å². The molecule has 1 unspecified atom stereocenters. The molecule has 3 N–H and O–H groups in total. The van der Waals surface area contributed by atoms with E-state index in [1.54, 1.807) is 0 Å². The van der Waals surface area contributed by atoms with Gasteiger partial charge < -0.3 is 16.0 Å². The molecule has 4 nitrogen and oxygen atoms in total. The number of piperidine rings is 1. The van der Waals surface area contributed by atoms with Crippen LogP contribution in [0.3, 0.4) is 0 Å². The number of nitrogens with one attached hydrogen (secondary N) is 1. The molecule has 1 atom stereocenters. The van der Waals surface area contributed by atoms with Gasteiger partial charge in [-0.3, -0.25) is 4.79 Å². The number of likely N-dealkylation sites (tertiary alicyclic amines) is 1. The molecule has 104 valence electrons. The van der Waals surface area contributed by atoms with Crippen molar-refractivity contribution in [3.8, 4) is 0 Å². The summed E-state index contributed by atoms with van der Waals surface area (Å²) in [5, 5.41) is 3.41. The Balaban J connectivity index is 1.79. The standard InChI is InChI=1S/C14H27N3O/c1-11-5-8-17(9-6-11)10-7-14(2,13(15)18)16-12-3-4-12/h11-12,16H,3-10H2,1-2H3,(H2,15,18). The normalized spacial score (nSPS) is 25.9. The third-order valence-electron chi connectivity index (χ3n) is 4.45. The quantitative estimate of drug-likeness (QED) is 0.745. The van der Waals surface area contributed by atoms with Crippen molar-refractivity contribution in [2.24, 2.45) is 11.7 Å². The first-order chi connectivity index (χ1) is 8.49. The van der Waals surface area contributed by atoms with Crippen molar-refractivity contribution in [2.75, 3.05) is 19.6 Å². The Morgan fingerprint density at radius 1 is 1.33 bits per heavy atom. The summed E-state index contributed by atoms with van der Waals surface area (Å²) in [6.45, 7) is 7.59. The van der Waals surface area contributed by atoms with Crippen LogP contribution >= 0.6 is 0 Å². The van der Waals surface area contributed by atoms with Gasteiger partial charge in [-0.15, -0.1) is 0 Å². The number of primary amides is 1. The average molecular weight is 253 g/mol. The molecule has 1 aliphatic carbocycles. The van der Waals surface area contributed by atoms with Gasteiger partial charge in [0.25, 0.3) is 0 Å². The summed E-state index contributed by atoms with van der Waals surface area (Å²) in [4.78, 5) is 14.1. The molecule has 0 radical (unpaired) electrons. The maximum absolute atomic E-state index is 11.7. The average Bonchev–Trinajstić information content (AvgIpc) is 3.12. The minimum Gasteiger partial charge on any atom is -0.368 e. The van der Waals surface area contributed by atoms with Crippen LogP contribution in [-0.2, 0) is 4.79 Å². The van der Waals surface area contributed by atoms with Crippen LogP contribution in [0.4, 0.5) is 0 Å². The van der Waals surface area contributed by atoms with Crippen molar-refractivity contribution in [3.05, 3.63) is 0 Å². The van der Waals surface area contributed by atoms with Gasteiger partial charge >= 0.3 is 0 Å². The second-order valence-electron chi connectivity index (χ2n) is 6.39. The number of carbonyl (C=O) groups excluding carboxylic acids is 1. The lowest BCUT2D eigenvalue weighted by molar-refractivity contribution is -0.124. The molecular formula is C14H27N3O. The van der Waals surface area contributed by atoms with E-state index in [0.29, 0.717) is 6.04 Å². The zero-order chi connectivity index (χ0) is 13.2. The summed E-state index contributed by atoms with van der Waals surface area (Å²) in [5.74, 6) is 0.646. The van der Waals surface area contributed by atoms with E-state index in [0.717, 1.165) is 18.9 Å². The Morgan fingerprint density at radius 2 is 1.94 bits per heavy atom. The fourth-order valence-electron chi connectivity index (χ4n) is 2.61. The molecule has 2 aliphatic rings. The number of hydrogen-bond donors (Lipinski definition) is 2. The Morgan fingerprint density at radius 3 is 2.44 bits per heavy atom. The predicted octanol–water partition coefficient (Wildman–Crippen LogP) is 1.10. The van der Waals surface area contributed by atoms with Crippen molar-refractivity contribution < 1.29 is 4.79 Å². The van der Waals surface area contributed by atoms with Gasteiger partial charge in [-0.2, -0.15) is 0 Å². The number of rotatable bonds is 6. The highest BCUT2D eigenvalue weighted by molar-refractivity contribution is 5.84. The van der Waals surface area contributed by atoms with Gasteiger partial charge in [0.05, 0.1) is 5.54 Å². The molecule has 1 amide bonds. The first-order valence-corrected chi connectivity index (χ1v) is 7.29. The molecule has 18 heavy (non-hydrogen) atoms. The van der Waals surface area contributed by atoms with Crippen molar-refractivity contribution in [1.82, 2.24) is 10.2 Å². The third kappa shape index (κ3) is 3.69. The van der Waals surface area contributed by atoms with E-state index >= 15 is 0 Å². The fraction of sp³-hybridized carbons (Fsp3) is 0.929. The molecule has 1 heterocycles. The van der Waals surface area contributed by atoms with Crippen molar-refractivity contribution in [3.63, 3.8) is 0 Å². The van der Waals surface area contributed by atoms with Crippen LogP contribution in [0.1, 0.15) is 46.0 Å². The molecule has 0 aromatic heterocycles. The largest absolute Gasteiger partial charge is 0.368 e. The van der Waals surface area contributed by atoms with Crippen LogP contribution in [-0.4, -0.2) is 42.0 Å². The number of nitrogens with zero attached hydrogens (tertiary/aromatic N) is 1. The van der Waals surface area contributed by atoms with Crippen LogP contribution < -0.4 is 11.1 Å². The molecule has 0 aromatic carbocycles. The van der Waals surface area contributed by atoms with E-state index in [1.807, 2.05) is 6.92 Å². The summed E-state index contributed by atoms with van der Waals surface area (Å²) in [5.41, 5.74) is 5.04. The SMILES string of the molecule is CC1CCN(CCC(C)(NC2CC2)C(N)=O)CC1. The van der Waals surface area contributed by atoms with Crippen LogP contribution in [0.5, 0.6) is 0 Å². The van der Waals surface area contributed by atoms with Crippen molar-refractivity contribution in [2.45, 2.75) is 57.5 Å². The summed E-state index contributed by atoms with van der Waals surface area (Å²) in [6.07, 6.45) is 5.76. The second-order valence-corrected chi connectivity index (χ2v) is 6.39. The number of hydrogen-bond acceptors (Lipinski definition) is 3. The molecule has 2 rings (SSSR count). The number of carbonyl (C=O) groups is 1. The zero-order valence-corrected chi connectivity index (χ0v) is 11.7. The Kier molecular flexibility index (Phi) is 4.28. The van der Waals surface area contributed by atoms with Crippen LogP contribution in [0.2, 0.25) is 0 Å². The lowest BCUT2D eigenvalue weighted by Crippen LogP contribution is -2.55. The van der Waals surface area contributed by atoms with Gasteiger partial charge in [0, 0.05) is 12.6 Å². The van der Waals surface area contributed by atoms with Gasteiger partial charge in [-0.25, -0.2) is 0 Å². The Labute approximate surface area is 110 Å². The van der Waals surface area contributed by atoms with E-state index in [-0.39, 0.29) is 5.91 Å². The van der Waals surface area contributed by atoms with Gasteiger partial charge in [0.15, 0.2) is 0 Å². The molecular weight excluding hydrogens is 226 g/mol. The lowest BCUT2D eigenvalue weighted by atomic mass is 9.94. The van der Waals surface area contributed by atoms with E-state index in [2.05, 4.69) is 17.1 Å². The maximum Gasteiger partial charge on any atom is 0.237 e. The molecule has 4 heteroatoms. The van der Waals surface area contributed by atoms with Gasteiger partial charge in [0.2, 0.25) is 5.91 Å². The number of amides is 1. The van der Waals surface area contributed by atoms with E-state index < -0.39 is 5.54 Å². The van der Waals surface area contributed by atoms with E-state index in [1.165, 1.54) is 38.8 Å². The van der Waals surface area contributed by atoms with Gasteiger partial charge in [-0.1, -0.05) is 6.92 Å². The second kappa shape index (κ2) is 5.57. The van der Waals surface area contributed by atoms with Crippen LogP contribution in [0.15, 0.2) is 0 Å². The summed E-state index contributed by atoms with van der Waals surface area (Å²) in [7, 11) is 0. The molecule has 1 aliphatic heterocycles. The highest BCUT2D eigenvalue weighted by atomic mass is 16.1. The van der Waals surface area contributed by atoms with Crippen LogP contribution in [0, 0.1) is 5.92 Å². The van der Waals surface area contributed by atoms with Crippen molar-refractivity contribution in [1.29, 1.82) is 0 Å². The lowest BCUT2D eigenvalue weighted by Gasteiger charge is -2.34. The molecule has 1 saturated heterocycles. The highest BCUT2D eigenvalue weighted by Gasteiger charge is 2.37. The first-order valence-electron chi connectivity index (χ1n) is 7.29. The molecule has 1 saturated carbocycles. The monoisotopic (exact) mass is 253 g/mol. The third-order valence-corrected chi connectivity index (χ3v) is 4.45. The van der Waals surface area contributed by atoms with Gasteiger partial charge in [-0.05, 0) is 58.0 Å². The minimum atomic E-state index is -0.524. The summed E-state index contributed by atoms with van der Waals surface area (Å²) in [6, 6.07) is 0.517.